The molecule has 7 nitrogen and oxygen atoms in total. The van der Waals surface area contributed by atoms with Crippen molar-refractivity contribution < 1.29 is 17.9 Å². The summed E-state index contributed by atoms with van der Waals surface area (Å²) in [4.78, 5) is 14.9. The van der Waals surface area contributed by atoms with Gasteiger partial charge < -0.3 is 15.0 Å². The molecule has 0 unspecified atom stereocenters. The largest absolute Gasteiger partial charge is 0.492 e. The maximum absolute atomic E-state index is 13.4. The van der Waals surface area contributed by atoms with Gasteiger partial charge in [0.2, 0.25) is 10.0 Å². The molecule has 0 radical (unpaired) electrons. The van der Waals surface area contributed by atoms with Crippen molar-refractivity contribution in [2.24, 2.45) is 0 Å². The van der Waals surface area contributed by atoms with Gasteiger partial charge in [-0.2, -0.15) is 4.31 Å². The van der Waals surface area contributed by atoms with Gasteiger partial charge in [0.1, 0.15) is 5.75 Å². The Hall–Kier alpha value is -2.78. The molecule has 1 heterocycles. The average molecular weight is 534 g/mol. The monoisotopic (exact) mass is 533 g/mol. The summed E-state index contributed by atoms with van der Waals surface area (Å²) in [7, 11) is -3.78. The molecule has 1 fully saturated rings. The van der Waals surface area contributed by atoms with E-state index in [1.807, 2.05) is 25.1 Å². The second-order valence-electron chi connectivity index (χ2n) is 7.92. The van der Waals surface area contributed by atoms with E-state index >= 15 is 0 Å². The van der Waals surface area contributed by atoms with Gasteiger partial charge in [-0.05, 0) is 67.6 Å². The van der Waals surface area contributed by atoms with Crippen molar-refractivity contribution in [2.45, 2.75) is 11.8 Å². The van der Waals surface area contributed by atoms with Gasteiger partial charge in [0.05, 0.1) is 17.2 Å². The van der Waals surface area contributed by atoms with Crippen LogP contribution in [0.2, 0.25) is 10.0 Å². The molecule has 0 aliphatic carbocycles. The number of halogens is 2. The van der Waals surface area contributed by atoms with E-state index in [4.69, 9.17) is 27.9 Å². The quantitative estimate of drug-likeness (QED) is 0.454. The Labute approximate surface area is 215 Å². The standard InChI is InChI=1S/C25H25Cl2N3O4S/c1-2-34-24-11-10-22(17-23(24)28-25(31)18-6-8-19(26)9-7-18)35(32,33)30-14-12-29(13-15-30)21-5-3-4-20(27)16-21/h3-11,16-17H,2,12-15H2,1H3,(H,28,31). The van der Waals surface area contributed by atoms with Gasteiger partial charge in [0, 0.05) is 47.5 Å². The van der Waals surface area contributed by atoms with Crippen LogP contribution in [-0.2, 0) is 10.0 Å². The molecule has 3 aromatic carbocycles. The summed E-state index contributed by atoms with van der Waals surface area (Å²) in [6.07, 6.45) is 0. The fraction of sp³-hybridized carbons (Fsp3) is 0.240. The van der Waals surface area contributed by atoms with Gasteiger partial charge in [-0.3, -0.25) is 4.79 Å². The van der Waals surface area contributed by atoms with E-state index in [0.29, 0.717) is 54.1 Å². The van der Waals surface area contributed by atoms with E-state index in [9.17, 15) is 13.2 Å². The van der Waals surface area contributed by atoms with E-state index in [1.165, 1.54) is 16.4 Å². The molecular formula is C25H25Cl2N3O4S. The minimum Gasteiger partial charge on any atom is -0.492 e. The summed E-state index contributed by atoms with van der Waals surface area (Å²) in [6.45, 7) is 3.91. The van der Waals surface area contributed by atoms with Crippen LogP contribution in [0, 0.1) is 0 Å². The molecule has 35 heavy (non-hydrogen) atoms. The number of carbonyl (C=O) groups is 1. The molecule has 3 aromatic rings. The van der Waals surface area contributed by atoms with Crippen LogP contribution >= 0.6 is 23.2 Å². The lowest BCUT2D eigenvalue weighted by Gasteiger charge is -2.35. The third-order valence-corrected chi connectivity index (χ3v) is 8.04. The van der Waals surface area contributed by atoms with Gasteiger partial charge in [-0.15, -0.1) is 0 Å². The van der Waals surface area contributed by atoms with E-state index in [0.717, 1.165) is 5.69 Å². The van der Waals surface area contributed by atoms with Crippen LogP contribution in [0.25, 0.3) is 0 Å². The van der Waals surface area contributed by atoms with Crippen molar-refractivity contribution in [3.05, 3.63) is 82.3 Å². The first kappa shape index (κ1) is 25.3. The maximum atomic E-state index is 13.4. The number of carbonyl (C=O) groups excluding carboxylic acids is 1. The Kier molecular flexibility index (Phi) is 7.86. The lowest BCUT2D eigenvalue weighted by Crippen LogP contribution is -2.48. The average Bonchev–Trinajstić information content (AvgIpc) is 2.85. The van der Waals surface area contributed by atoms with Crippen LogP contribution in [0.1, 0.15) is 17.3 Å². The third kappa shape index (κ3) is 5.90. The molecular weight excluding hydrogens is 509 g/mol. The second-order valence-corrected chi connectivity index (χ2v) is 10.7. The van der Waals surface area contributed by atoms with E-state index in [2.05, 4.69) is 10.2 Å². The SMILES string of the molecule is CCOc1ccc(S(=O)(=O)N2CCN(c3cccc(Cl)c3)CC2)cc1NC(=O)c1ccc(Cl)cc1. The summed E-state index contributed by atoms with van der Waals surface area (Å²) in [6, 6.07) is 18.4. The van der Waals surface area contributed by atoms with Crippen LogP contribution in [0.5, 0.6) is 5.75 Å². The van der Waals surface area contributed by atoms with Crippen LogP contribution in [0.4, 0.5) is 11.4 Å². The maximum Gasteiger partial charge on any atom is 0.255 e. The number of anilines is 2. The van der Waals surface area contributed by atoms with Crippen molar-refractivity contribution in [1.82, 2.24) is 4.31 Å². The first-order valence-electron chi connectivity index (χ1n) is 11.1. The molecule has 4 rings (SSSR count). The Morgan fingerprint density at radius 3 is 2.31 bits per heavy atom. The van der Waals surface area contributed by atoms with E-state index < -0.39 is 15.9 Å². The summed E-state index contributed by atoms with van der Waals surface area (Å²) in [5, 5.41) is 3.92. The number of ether oxygens (including phenoxy) is 1. The first-order valence-corrected chi connectivity index (χ1v) is 13.3. The highest BCUT2D eigenvalue weighted by molar-refractivity contribution is 7.89. The number of rotatable bonds is 7. The number of benzene rings is 3. The van der Waals surface area contributed by atoms with Gasteiger partial charge >= 0.3 is 0 Å². The molecule has 0 atom stereocenters. The molecule has 1 amide bonds. The fourth-order valence-electron chi connectivity index (χ4n) is 3.85. The molecule has 0 spiro atoms. The molecule has 1 aliphatic rings. The number of hydrogen-bond acceptors (Lipinski definition) is 5. The number of amides is 1. The van der Waals surface area contributed by atoms with Gasteiger partial charge in [-0.25, -0.2) is 8.42 Å². The topological polar surface area (TPSA) is 79.0 Å². The predicted octanol–water partition coefficient (Wildman–Crippen LogP) is 5.16. The molecule has 184 valence electrons. The molecule has 0 bridgehead atoms. The smallest absolute Gasteiger partial charge is 0.255 e. The highest BCUT2D eigenvalue weighted by Gasteiger charge is 2.29. The lowest BCUT2D eigenvalue weighted by molar-refractivity contribution is 0.102. The predicted molar refractivity (Wildman–Crippen MR) is 139 cm³/mol. The van der Waals surface area contributed by atoms with E-state index in [1.54, 1.807) is 36.4 Å². The van der Waals surface area contributed by atoms with Crippen molar-refractivity contribution in [1.29, 1.82) is 0 Å². The van der Waals surface area contributed by atoms with Crippen LogP contribution in [-0.4, -0.2) is 51.4 Å². The first-order chi connectivity index (χ1) is 16.8. The molecule has 0 saturated carbocycles. The highest BCUT2D eigenvalue weighted by Crippen LogP contribution is 2.31. The molecule has 0 aromatic heterocycles. The zero-order chi connectivity index (χ0) is 25.0. The van der Waals surface area contributed by atoms with Gasteiger partial charge in [0.15, 0.2) is 0 Å². The molecule has 1 saturated heterocycles. The Bertz CT molecular complexity index is 1310. The second kappa shape index (κ2) is 10.9. The number of piperazine rings is 1. The van der Waals surface area contributed by atoms with Crippen molar-refractivity contribution in [3.8, 4) is 5.75 Å². The van der Waals surface area contributed by atoms with Crippen LogP contribution < -0.4 is 15.0 Å². The minimum absolute atomic E-state index is 0.0866. The number of sulfonamides is 1. The summed E-state index contributed by atoms with van der Waals surface area (Å²) in [5.74, 6) is -0.00755. The minimum atomic E-state index is -3.78. The lowest BCUT2D eigenvalue weighted by atomic mass is 10.2. The summed E-state index contributed by atoms with van der Waals surface area (Å²) >= 11 is 12.0. The van der Waals surface area contributed by atoms with Crippen LogP contribution in [0.15, 0.2) is 71.6 Å². The van der Waals surface area contributed by atoms with E-state index in [-0.39, 0.29) is 10.6 Å². The normalized spacial score (nSPS) is 14.5. The van der Waals surface area contributed by atoms with Crippen molar-refractivity contribution in [3.63, 3.8) is 0 Å². The number of nitrogens with zero attached hydrogens (tertiary/aromatic N) is 2. The molecule has 1 N–H and O–H groups in total. The van der Waals surface area contributed by atoms with Gasteiger partial charge in [-0.1, -0.05) is 29.3 Å². The zero-order valence-corrected chi connectivity index (χ0v) is 21.4. The van der Waals surface area contributed by atoms with Crippen molar-refractivity contribution >= 4 is 50.5 Å². The third-order valence-electron chi connectivity index (χ3n) is 5.66. The highest BCUT2D eigenvalue weighted by atomic mass is 35.5. The van der Waals surface area contributed by atoms with Crippen molar-refractivity contribution in [2.75, 3.05) is 43.0 Å². The Morgan fingerprint density at radius 1 is 0.943 bits per heavy atom. The molecule has 1 aliphatic heterocycles. The molecule has 10 heteroatoms. The Balaban J connectivity index is 1.53. The summed E-state index contributed by atoms with van der Waals surface area (Å²) < 4.78 is 33.9. The van der Waals surface area contributed by atoms with Gasteiger partial charge in [0.25, 0.3) is 5.91 Å². The number of hydrogen-bond donors (Lipinski definition) is 1. The fourth-order valence-corrected chi connectivity index (χ4v) is 5.61. The van der Waals surface area contributed by atoms with Crippen LogP contribution in [0.3, 0.4) is 0 Å². The summed E-state index contributed by atoms with van der Waals surface area (Å²) in [5.41, 5.74) is 1.63. The number of nitrogens with one attached hydrogen (secondary N) is 1. The Morgan fingerprint density at radius 2 is 1.66 bits per heavy atom. The zero-order valence-electron chi connectivity index (χ0n) is 19.1.